The molecule has 0 amide bonds. The van der Waals surface area contributed by atoms with Gasteiger partial charge in [0.2, 0.25) is 0 Å². The number of aliphatic carboxylic acids is 1. The third-order valence-electron chi connectivity index (χ3n) is 17.6. The van der Waals surface area contributed by atoms with Crippen LogP contribution in [-0.4, -0.2) is 67.3 Å². The van der Waals surface area contributed by atoms with E-state index in [0.717, 1.165) is 24.8 Å². The van der Waals surface area contributed by atoms with Crippen molar-refractivity contribution in [1.82, 2.24) is 0 Å². The molecular weight excluding hydrogens is 755 g/mol. The van der Waals surface area contributed by atoms with Gasteiger partial charge in [-0.2, -0.15) is 0 Å². The van der Waals surface area contributed by atoms with Gasteiger partial charge in [0.15, 0.2) is 11.7 Å². The third-order valence-corrected chi connectivity index (χ3v) is 17.6. The molecule has 8 aliphatic carbocycles. The molecule has 0 saturated heterocycles. The first-order chi connectivity index (χ1) is 28.5. The highest BCUT2D eigenvalue weighted by molar-refractivity contribution is 6.02. The van der Waals surface area contributed by atoms with Gasteiger partial charge in [0, 0.05) is 70.3 Å². The number of allylic oxidation sites excluding steroid dienone is 2. The zero-order chi connectivity index (χ0) is 42.7. The fourth-order valence-corrected chi connectivity index (χ4v) is 15.4. The first kappa shape index (κ1) is 40.8. The molecule has 0 radical (unpaired) electrons. The Morgan fingerprint density at radius 3 is 2.48 bits per heavy atom. The third kappa shape index (κ3) is 5.12. The number of carboxylic acid groups (broad SMARTS) is 1. The highest BCUT2D eigenvalue weighted by atomic mass is 16.4. The summed E-state index contributed by atoms with van der Waals surface area (Å²) in [4.78, 5) is 47.2. The second-order valence-corrected chi connectivity index (χ2v) is 19.9. The number of benzene rings is 1. The van der Waals surface area contributed by atoms with Gasteiger partial charge in [-0.25, -0.2) is 9.79 Å². The number of aliphatic hydroxyl groups excluding tert-OH is 1. The number of hydrogen-bond donors (Lipinski definition) is 6. The predicted molar refractivity (Wildman–Crippen MR) is 228 cm³/mol. The number of rotatable bonds is 6. The molecule has 9 rings (SSSR count). The largest absolute Gasteiger partial charge is 0.478 e. The highest BCUT2D eigenvalue weighted by Crippen LogP contribution is 2.85. The lowest BCUT2D eigenvalue weighted by Crippen LogP contribution is -2.72. The van der Waals surface area contributed by atoms with Crippen molar-refractivity contribution in [2.24, 2.45) is 67.2 Å². The summed E-state index contributed by atoms with van der Waals surface area (Å²) in [6.45, 7) is 5.49. The van der Waals surface area contributed by atoms with Gasteiger partial charge < -0.3 is 31.9 Å². The second kappa shape index (κ2) is 13.7. The summed E-state index contributed by atoms with van der Waals surface area (Å²) in [7, 11) is 0. The van der Waals surface area contributed by atoms with E-state index in [1.807, 2.05) is 62.4 Å². The summed E-state index contributed by atoms with van der Waals surface area (Å²) < 4.78 is 0. The molecular formula is C50H59N3O7. The maximum Gasteiger partial charge on any atom is 0.331 e. The first-order valence-electron chi connectivity index (χ1n) is 22.0. The van der Waals surface area contributed by atoms with Crippen molar-refractivity contribution < 1.29 is 34.8 Å². The number of fused-ring (bicyclic) bond motifs is 1. The zero-order valence-corrected chi connectivity index (χ0v) is 35.0. The minimum Gasteiger partial charge on any atom is -0.478 e. The van der Waals surface area contributed by atoms with Crippen molar-refractivity contribution in [3.63, 3.8) is 0 Å². The van der Waals surface area contributed by atoms with Crippen LogP contribution >= 0.6 is 0 Å². The number of guanidine groups is 1. The number of aliphatic hydroxyl groups is 3. The lowest BCUT2D eigenvalue weighted by Gasteiger charge is -2.71. The monoisotopic (exact) mass is 813 g/mol. The number of carbonyl (C=O) groups is 3. The molecule has 10 nitrogen and oxygen atoms in total. The van der Waals surface area contributed by atoms with Gasteiger partial charge in [0.25, 0.3) is 0 Å². The predicted octanol–water partition coefficient (Wildman–Crippen LogP) is 5.97. The Balaban J connectivity index is 1.38. The van der Waals surface area contributed by atoms with Crippen molar-refractivity contribution in [3.8, 4) is 11.8 Å². The Hall–Kier alpha value is -4.56. The van der Waals surface area contributed by atoms with Crippen LogP contribution in [0.2, 0.25) is 0 Å². The van der Waals surface area contributed by atoms with Crippen LogP contribution in [0.5, 0.6) is 0 Å². The maximum atomic E-state index is 16.0. The van der Waals surface area contributed by atoms with E-state index in [1.54, 1.807) is 6.08 Å². The number of ketones is 2. The van der Waals surface area contributed by atoms with E-state index >= 15 is 4.79 Å². The number of nitrogens with two attached hydrogens (primary N) is 2. The van der Waals surface area contributed by atoms with Crippen LogP contribution in [0.15, 0.2) is 88.5 Å². The van der Waals surface area contributed by atoms with Gasteiger partial charge >= 0.3 is 5.97 Å². The van der Waals surface area contributed by atoms with Crippen molar-refractivity contribution in [2.45, 2.75) is 121 Å². The lowest BCUT2D eigenvalue weighted by molar-refractivity contribution is -0.177. The van der Waals surface area contributed by atoms with Crippen LogP contribution in [0, 0.1) is 62.6 Å². The molecule has 8 aliphatic rings. The molecule has 8 N–H and O–H groups in total. The van der Waals surface area contributed by atoms with E-state index in [9.17, 15) is 30.0 Å². The second-order valence-electron chi connectivity index (χ2n) is 19.9. The van der Waals surface area contributed by atoms with Crippen molar-refractivity contribution in [1.29, 1.82) is 0 Å². The number of hydrogen-bond acceptors (Lipinski definition) is 7. The molecule has 0 aromatic heterocycles. The SMILES string of the molecule is C/C(=C\[C@@H](O)[C@@H]1[C@@H](C)[C@@]2(C=C[C@H]1N=C(N)N)C[C@@]1(O)C=C[C@]3(O)C4=C5C(=O)C[C@]26CCCCC[C@@]52CCC(=O)[C@@](C)(CC#CCC[C@]461)[C@H]2[C@H]3/C=C/c1ccccc1)C(=O)O. The average Bonchev–Trinajstić information content (AvgIpc) is 3.37. The van der Waals surface area contributed by atoms with Gasteiger partial charge in [0.1, 0.15) is 11.4 Å². The summed E-state index contributed by atoms with van der Waals surface area (Å²) in [6, 6.07) is 9.21. The molecule has 0 heterocycles. The van der Waals surface area contributed by atoms with Gasteiger partial charge in [-0.3, -0.25) is 9.59 Å². The summed E-state index contributed by atoms with van der Waals surface area (Å²) >= 11 is 0. The first-order valence-corrected chi connectivity index (χ1v) is 22.0. The molecule has 0 unspecified atom stereocenters. The van der Waals surface area contributed by atoms with Gasteiger partial charge in [0.05, 0.1) is 17.7 Å². The van der Waals surface area contributed by atoms with Crippen LogP contribution < -0.4 is 11.5 Å². The summed E-state index contributed by atoms with van der Waals surface area (Å²) in [5, 5.41) is 50.0. The van der Waals surface area contributed by atoms with Gasteiger partial charge in [-0.15, -0.1) is 11.8 Å². The Kier molecular flexibility index (Phi) is 9.34. The normalized spacial score (nSPS) is 44.4. The van der Waals surface area contributed by atoms with E-state index in [4.69, 9.17) is 11.5 Å². The molecule has 3 saturated carbocycles. The summed E-state index contributed by atoms with van der Waals surface area (Å²) in [5.41, 5.74) is 6.06. The van der Waals surface area contributed by atoms with E-state index < -0.39 is 80.1 Å². The topological polar surface area (TPSA) is 197 Å². The molecule has 3 fully saturated rings. The molecule has 0 aliphatic heterocycles. The minimum absolute atomic E-state index is 0.0249. The van der Waals surface area contributed by atoms with Crippen LogP contribution in [-0.2, 0) is 14.4 Å². The number of Topliss-reactive ketones (excluding diaryl/α,β-unsaturated/α-hetero) is 2. The Bertz CT molecular complexity index is 2300. The van der Waals surface area contributed by atoms with E-state index in [2.05, 4.69) is 29.0 Å². The molecule has 60 heavy (non-hydrogen) atoms. The van der Waals surface area contributed by atoms with Crippen molar-refractivity contribution >= 4 is 29.6 Å². The average molecular weight is 814 g/mol. The molecule has 10 heteroatoms. The zero-order valence-electron chi connectivity index (χ0n) is 35.0. The Morgan fingerprint density at radius 2 is 1.75 bits per heavy atom. The van der Waals surface area contributed by atoms with Crippen molar-refractivity contribution in [2.75, 3.05) is 0 Å². The molecule has 6 bridgehead atoms. The van der Waals surface area contributed by atoms with E-state index in [0.29, 0.717) is 56.1 Å². The molecule has 1 aromatic rings. The Morgan fingerprint density at radius 1 is 1.00 bits per heavy atom. The maximum absolute atomic E-state index is 16.0. The van der Waals surface area contributed by atoms with E-state index in [-0.39, 0.29) is 35.9 Å². The molecule has 13 atom stereocenters. The smallest absolute Gasteiger partial charge is 0.331 e. The fraction of sp³-hybridized carbons (Fsp3) is 0.560. The Labute approximate surface area is 352 Å². The van der Waals surface area contributed by atoms with Crippen LogP contribution in [0.1, 0.15) is 103 Å². The minimum atomic E-state index is -1.74. The number of nitrogens with zero attached hydrogens (tertiary/aromatic N) is 1. The van der Waals surface area contributed by atoms with Crippen molar-refractivity contribution in [3.05, 3.63) is 89.1 Å². The number of carbonyl (C=O) groups excluding carboxylic acids is 2. The lowest BCUT2D eigenvalue weighted by atomic mass is 9.32. The summed E-state index contributed by atoms with van der Waals surface area (Å²) in [5.74, 6) is 3.38. The fourth-order valence-electron chi connectivity index (χ4n) is 15.4. The quantitative estimate of drug-likeness (QED) is 0.0659. The number of aliphatic imine (C=N–C) groups is 1. The van der Waals surface area contributed by atoms with Crippen LogP contribution in [0.4, 0.5) is 0 Å². The van der Waals surface area contributed by atoms with Gasteiger partial charge in [-0.1, -0.05) is 93.8 Å². The van der Waals surface area contributed by atoms with Crippen LogP contribution in [0.25, 0.3) is 6.08 Å². The number of carboxylic acids is 1. The van der Waals surface area contributed by atoms with E-state index in [1.165, 1.54) is 13.0 Å². The van der Waals surface area contributed by atoms with Crippen LogP contribution in [0.3, 0.4) is 0 Å². The molecule has 316 valence electrons. The molecule has 4 spiro atoms. The molecule has 1 aromatic carbocycles. The van der Waals surface area contributed by atoms with Gasteiger partial charge in [-0.05, 0) is 79.6 Å². The summed E-state index contributed by atoms with van der Waals surface area (Å²) in [6.07, 6.45) is 17.7. The standard InChI is InChI=1S/C50H59N3O7/c1-30(42(57)58)27-35(54)38-31(2)46(24-17-34(38)53-43(51)52)29-48(59)25-26-49(60)33(16-15-32-13-7-4-8-14-32)40-44(3)19-9-5-12-22-50(48)41(49)39-36(55)28-47(46,50)21-11-6-10-20-45(39,40)23-18-37(44)56/h4,7-8,13-17,24-27,31,33-35,38,40,54,59-60H,6,10-12,18-23,28-29H2,1-3H3,(H,57,58)(H4,51,52,53)/b16-15+,30-27+/t31-,33-,34-,35-,38-,40-,44-,45-,46-,47-,48+,49-,50+/m1/s1. The highest BCUT2D eigenvalue weighted by Gasteiger charge is 2.84.